The van der Waals surface area contributed by atoms with Crippen molar-refractivity contribution in [2.45, 2.75) is 11.4 Å². The third kappa shape index (κ3) is 5.30. The minimum atomic E-state index is -0.503. The largest absolute Gasteiger partial charge is 0.452 e. The van der Waals surface area contributed by atoms with E-state index in [2.05, 4.69) is 5.32 Å². The molecule has 0 unspecified atom stereocenters. The molecule has 0 aromatic heterocycles. The van der Waals surface area contributed by atoms with Crippen LogP contribution >= 0.6 is 23.4 Å². The zero-order valence-electron chi connectivity index (χ0n) is 12.5. The van der Waals surface area contributed by atoms with E-state index < -0.39 is 5.97 Å². The topological polar surface area (TPSA) is 55.4 Å². The number of thioether (sulfide) groups is 1. The highest BCUT2D eigenvalue weighted by Crippen LogP contribution is 2.20. The van der Waals surface area contributed by atoms with Crippen LogP contribution in [0.1, 0.15) is 15.9 Å². The highest BCUT2D eigenvalue weighted by atomic mass is 35.5. The zero-order chi connectivity index (χ0) is 16.7. The molecule has 120 valence electrons. The summed E-state index contributed by atoms with van der Waals surface area (Å²) in [6.07, 6.45) is 1.88. The maximum absolute atomic E-state index is 12.0. The van der Waals surface area contributed by atoms with Gasteiger partial charge in [-0.15, -0.1) is 11.8 Å². The summed E-state index contributed by atoms with van der Waals surface area (Å²) >= 11 is 7.25. The Bertz CT molecular complexity index is 688. The van der Waals surface area contributed by atoms with Crippen molar-refractivity contribution in [3.05, 3.63) is 64.7 Å². The number of halogens is 1. The fourth-order valence-corrected chi connectivity index (χ4v) is 2.59. The number of benzene rings is 2. The first-order valence-electron chi connectivity index (χ1n) is 6.91. The van der Waals surface area contributed by atoms with Crippen molar-refractivity contribution in [1.29, 1.82) is 0 Å². The standard InChI is InChI=1S/C17H16ClNO3S/c1-23-15-5-3-2-4-14(15)17(21)22-11-16(20)19-10-12-6-8-13(18)9-7-12/h2-9H,10-11H2,1H3,(H,19,20). The van der Waals surface area contributed by atoms with Crippen LogP contribution in [-0.4, -0.2) is 24.7 Å². The van der Waals surface area contributed by atoms with Gasteiger partial charge in [-0.3, -0.25) is 4.79 Å². The Hall–Kier alpha value is -1.98. The molecule has 0 atom stereocenters. The maximum atomic E-state index is 12.0. The molecule has 0 heterocycles. The second-order valence-electron chi connectivity index (χ2n) is 4.68. The summed E-state index contributed by atoms with van der Waals surface area (Å²) in [5, 5.41) is 3.33. The van der Waals surface area contributed by atoms with Crippen molar-refractivity contribution in [1.82, 2.24) is 5.32 Å². The van der Waals surface area contributed by atoms with Gasteiger partial charge in [0, 0.05) is 16.5 Å². The molecule has 1 amide bonds. The van der Waals surface area contributed by atoms with Gasteiger partial charge < -0.3 is 10.1 Å². The summed E-state index contributed by atoms with van der Waals surface area (Å²) in [5.41, 5.74) is 1.38. The lowest BCUT2D eigenvalue weighted by molar-refractivity contribution is -0.124. The Morgan fingerprint density at radius 2 is 1.83 bits per heavy atom. The summed E-state index contributed by atoms with van der Waals surface area (Å²) in [4.78, 5) is 24.6. The molecule has 2 rings (SSSR count). The first kappa shape index (κ1) is 17.4. The van der Waals surface area contributed by atoms with Crippen LogP contribution in [-0.2, 0) is 16.1 Å². The van der Waals surface area contributed by atoms with Gasteiger partial charge in [-0.1, -0.05) is 35.9 Å². The summed E-state index contributed by atoms with van der Waals surface area (Å²) < 4.78 is 5.05. The smallest absolute Gasteiger partial charge is 0.339 e. The van der Waals surface area contributed by atoms with Crippen LogP contribution in [0.5, 0.6) is 0 Å². The Morgan fingerprint density at radius 3 is 2.52 bits per heavy atom. The van der Waals surface area contributed by atoms with E-state index in [0.29, 0.717) is 17.1 Å². The molecule has 23 heavy (non-hydrogen) atoms. The normalized spacial score (nSPS) is 10.2. The van der Waals surface area contributed by atoms with Gasteiger partial charge in [-0.2, -0.15) is 0 Å². The summed E-state index contributed by atoms with van der Waals surface area (Å²) in [5.74, 6) is -0.855. The second-order valence-corrected chi connectivity index (χ2v) is 5.96. The van der Waals surface area contributed by atoms with Gasteiger partial charge >= 0.3 is 5.97 Å². The highest BCUT2D eigenvalue weighted by Gasteiger charge is 2.13. The molecular weight excluding hydrogens is 334 g/mol. The van der Waals surface area contributed by atoms with E-state index in [4.69, 9.17) is 16.3 Å². The lowest BCUT2D eigenvalue weighted by atomic mass is 10.2. The lowest BCUT2D eigenvalue weighted by Gasteiger charge is -2.08. The molecule has 2 aromatic carbocycles. The summed E-state index contributed by atoms with van der Waals surface area (Å²) in [6, 6.07) is 14.3. The van der Waals surface area contributed by atoms with Gasteiger partial charge in [-0.05, 0) is 36.1 Å². The van der Waals surface area contributed by atoms with Crippen LogP contribution in [0.25, 0.3) is 0 Å². The predicted molar refractivity (Wildman–Crippen MR) is 91.8 cm³/mol. The molecule has 1 N–H and O–H groups in total. The first-order valence-corrected chi connectivity index (χ1v) is 8.51. The molecule has 6 heteroatoms. The Morgan fingerprint density at radius 1 is 1.13 bits per heavy atom. The molecule has 0 saturated heterocycles. The molecule has 0 saturated carbocycles. The van der Waals surface area contributed by atoms with Crippen molar-refractivity contribution in [2.75, 3.05) is 12.9 Å². The average molecular weight is 350 g/mol. The molecular formula is C17H16ClNO3S. The molecule has 0 aliphatic heterocycles. The van der Waals surface area contributed by atoms with Crippen LogP contribution in [0.15, 0.2) is 53.4 Å². The zero-order valence-corrected chi connectivity index (χ0v) is 14.1. The van der Waals surface area contributed by atoms with Gasteiger partial charge in [0.25, 0.3) is 5.91 Å². The number of nitrogens with one attached hydrogen (secondary N) is 1. The molecule has 0 aliphatic rings. The van der Waals surface area contributed by atoms with E-state index in [1.165, 1.54) is 11.8 Å². The second kappa shape index (κ2) is 8.60. The molecule has 0 spiro atoms. The van der Waals surface area contributed by atoms with E-state index in [9.17, 15) is 9.59 Å². The first-order chi connectivity index (χ1) is 11.1. The molecule has 0 fully saturated rings. The third-order valence-electron chi connectivity index (χ3n) is 3.06. The molecule has 2 aromatic rings. The number of hydrogen-bond donors (Lipinski definition) is 1. The van der Waals surface area contributed by atoms with Gasteiger partial charge in [0.05, 0.1) is 5.56 Å². The van der Waals surface area contributed by atoms with Crippen LogP contribution < -0.4 is 5.32 Å². The molecule has 4 nitrogen and oxygen atoms in total. The van der Waals surface area contributed by atoms with Gasteiger partial charge in [0.1, 0.15) is 0 Å². The monoisotopic (exact) mass is 349 g/mol. The van der Waals surface area contributed by atoms with Crippen molar-refractivity contribution >= 4 is 35.2 Å². The van der Waals surface area contributed by atoms with Crippen LogP contribution in [0.4, 0.5) is 0 Å². The SMILES string of the molecule is CSc1ccccc1C(=O)OCC(=O)NCc1ccc(Cl)cc1. The number of esters is 1. The average Bonchev–Trinajstić information content (AvgIpc) is 2.59. The number of carbonyl (C=O) groups is 2. The van der Waals surface area contributed by atoms with Crippen LogP contribution in [0.3, 0.4) is 0 Å². The van der Waals surface area contributed by atoms with E-state index >= 15 is 0 Å². The number of ether oxygens (including phenoxy) is 1. The highest BCUT2D eigenvalue weighted by molar-refractivity contribution is 7.98. The van der Waals surface area contributed by atoms with Gasteiger partial charge in [0.15, 0.2) is 6.61 Å². The summed E-state index contributed by atoms with van der Waals surface area (Å²) in [7, 11) is 0. The van der Waals surface area contributed by atoms with Gasteiger partial charge in [-0.25, -0.2) is 4.79 Å². The third-order valence-corrected chi connectivity index (χ3v) is 4.11. The quantitative estimate of drug-likeness (QED) is 0.640. The van der Waals surface area contributed by atoms with Crippen LogP contribution in [0, 0.1) is 0 Å². The minimum absolute atomic E-state index is 0.310. The van der Waals surface area contributed by atoms with Crippen molar-refractivity contribution < 1.29 is 14.3 Å². The van der Waals surface area contributed by atoms with Gasteiger partial charge in [0.2, 0.25) is 0 Å². The Kier molecular flexibility index (Phi) is 6.50. The van der Waals surface area contributed by atoms with Crippen molar-refractivity contribution in [3.63, 3.8) is 0 Å². The number of hydrogen-bond acceptors (Lipinski definition) is 4. The number of amides is 1. The number of rotatable bonds is 6. The van der Waals surface area contributed by atoms with Crippen molar-refractivity contribution in [3.8, 4) is 0 Å². The predicted octanol–water partition coefficient (Wildman–Crippen LogP) is 3.54. The molecule has 0 radical (unpaired) electrons. The Labute approximate surface area is 144 Å². The van der Waals surface area contributed by atoms with E-state index in [0.717, 1.165) is 10.5 Å². The maximum Gasteiger partial charge on any atom is 0.339 e. The fraction of sp³-hybridized carbons (Fsp3) is 0.176. The lowest BCUT2D eigenvalue weighted by Crippen LogP contribution is -2.28. The number of carbonyl (C=O) groups excluding carboxylic acids is 2. The Balaban J connectivity index is 1.82. The van der Waals surface area contributed by atoms with E-state index in [-0.39, 0.29) is 12.5 Å². The molecule has 0 aliphatic carbocycles. The minimum Gasteiger partial charge on any atom is -0.452 e. The van der Waals surface area contributed by atoms with Crippen molar-refractivity contribution in [2.24, 2.45) is 0 Å². The summed E-state index contributed by atoms with van der Waals surface area (Å²) in [6.45, 7) is 0.0457. The van der Waals surface area contributed by atoms with E-state index in [1.807, 2.05) is 30.5 Å². The van der Waals surface area contributed by atoms with Crippen LogP contribution in [0.2, 0.25) is 5.02 Å². The van der Waals surface area contributed by atoms with E-state index in [1.54, 1.807) is 24.3 Å². The molecule has 0 bridgehead atoms. The fourth-order valence-electron chi connectivity index (χ4n) is 1.88.